The highest BCUT2D eigenvalue weighted by molar-refractivity contribution is 5.94. The molecule has 0 heterocycles. The van der Waals surface area contributed by atoms with E-state index in [0.717, 1.165) is 0 Å². The molecule has 0 spiro atoms. The number of ether oxygens (including phenoxy) is 2. The maximum absolute atomic E-state index is 11.9. The molecule has 0 aliphatic rings. The average molecular weight is 327 g/mol. The maximum Gasteiger partial charge on any atom is 0.296 e. The minimum atomic E-state index is -0.616. The number of nitrogens with zero attached hydrogens (tertiary/aromatic N) is 2. The van der Waals surface area contributed by atoms with E-state index in [0.29, 0.717) is 17.1 Å². The molecule has 0 aromatic heterocycles. The molecular formula is C16H13N3O5. The monoisotopic (exact) mass is 327 g/mol. The molecule has 0 saturated heterocycles. The van der Waals surface area contributed by atoms with Crippen molar-refractivity contribution < 1.29 is 19.2 Å². The summed E-state index contributed by atoms with van der Waals surface area (Å²) in [6.45, 7) is -0.349. The van der Waals surface area contributed by atoms with Crippen molar-refractivity contribution in [1.29, 1.82) is 5.26 Å². The van der Waals surface area contributed by atoms with Gasteiger partial charge in [-0.2, -0.15) is 5.26 Å². The van der Waals surface area contributed by atoms with Crippen molar-refractivity contribution in [2.45, 2.75) is 0 Å². The minimum Gasteiger partial charge on any atom is -0.496 e. The first-order chi connectivity index (χ1) is 11.5. The number of nitro benzene ring substituents is 1. The second kappa shape index (κ2) is 7.60. The van der Waals surface area contributed by atoms with E-state index in [-0.39, 0.29) is 18.0 Å². The van der Waals surface area contributed by atoms with Crippen LogP contribution in [0.3, 0.4) is 0 Å². The van der Waals surface area contributed by atoms with Gasteiger partial charge < -0.3 is 14.8 Å². The molecule has 0 unspecified atom stereocenters. The van der Waals surface area contributed by atoms with Crippen LogP contribution in [0.5, 0.6) is 11.5 Å². The third-order valence-electron chi connectivity index (χ3n) is 3.01. The summed E-state index contributed by atoms with van der Waals surface area (Å²) >= 11 is 0. The van der Waals surface area contributed by atoms with Crippen molar-refractivity contribution in [1.82, 2.24) is 0 Å². The van der Waals surface area contributed by atoms with Crippen LogP contribution < -0.4 is 14.8 Å². The zero-order chi connectivity index (χ0) is 17.5. The molecule has 0 aliphatic carbocycles. The molecule has 2 aromatic carbocycles. The molecule has 122 valence electrons. The maximum atomic E-state index is 11.9. The van der Waals surface area contributed by atoms with Gasteiger partial charge in [0, 0.05) is 0 Å². The molecule has 0 atom stereocenters. The van der Waals surface area contributed by atoms with E-state index in [9.17, 15) is 14.9 Å². The Kier molecular flexibility index (Phi) is 5.31. The number of rotatable bonds is 6. The predicted molar refractivity (Wildman–Crippen MR) is 84.9 cm³/mol. The van der Waals surface area contributed by atoms with E-state index in [4.69, 9.17) is 14.7 Å². The fourth-order valence-electron chi connectivity index (χ4n) is 1.89. The Hall–Kier alpha value is -3.60. The number of carbonyl (C=O) groups excluding carboxylic acids is 1. The van der Waals surface area contributed by atoms with Crippen molar-refractivity contribution in [3.8, 4) is 17.6 Å². The van der Waals surface area contributed by atoms with Crippen LogP contribution in [0.25, 0.3) is 0 Å². The summed E-state index contributed by atoms with van der Waals surface area (Å²) in [6, 6.07) is 12.4. The second-order valence-corrected chi connectivity index (χ2v) is 4.62. The molecule has 1 amide bonds. The number of hydrogen-bond donors (Lipinski definition) is 1. The molecular weight excluding hydrogens is 314 g/mol. The van der Waals surface area contributed by atoms with Crippen LogP contribution in [0.4, 0.5) is 11.4 Å². The third kappa shape index (κ3) is 4.20. The smallest absolute Gasteiger partial charge is 0.296 e. The summed E-state index contributed by atoms with van der Waals surface area (Å²) in [5, 5.41) is 22.3. The first-order valence-electron chi connectivity index (χ1n) is 6.78. The zero-order valence-corrected chi connectivity index (χ0v) is 12.7. The van der Waals surface area contributed by atoms with Gasteiger partial charge in [0.05, 0.1) is 29.7 Å². The van der Waals surface area contributed by atoms with Gasteiger partial charge in [0.25, 0.3) is 11.6 Å². The lowest BCUT2D eigenvalue weighted by atomic mass is 10.2. The normalized spacial score (nSPS) is 9.67. The molecule has 0 bridgehead atoms. The number of nitro groups is 1. The Balaban J connectivity index is 2.04. The lowest BCUT2D eigenvalue weighted by Crippen LogP contribution is -2.20. The van der Waals surface area contributed by atoms with Gasteiger partial charge in [0.15, 0.2) is 6.61 Å². The van der Waals surface area contributed by atoms with Gasteiger partial charge in [-0.1, -0.05) is 6.07 Å². The first-order valence-corrected chi connectivity index (χ1v) is 6.78. The summed E-state index contributed by atoms with van der Waals surface area (Å²) in [4.78, 5) is 22.4. The molecule has 0 saturated carbocycles. The highest BCUT2D eigenvalue weighted by Crippen LogP contribution is 2.28. The lowest BCUT2D eigenvalue weighted by Gasteiger charge is -2.09. The van der Waals surface area contributed by atoms with E-state index in [1.165, 1.54) is 31.4 Å². The quantitative estimate of drug-likeness (QED) is 0.644. The topological polar surface area (TPSA) is 114 Å². The molecule has 0 radical (unpaired) electrons. The number of hydrogen-bond acceptors (Lipinski definition) is 6. The van der Waals surface area contributed by atoms with Crippen molar-refractivity contribution >= 4 is 17.3 Å². The molecule has 0 fully saturated rings. The standard InChI is InChI=1S/C16H13N3O5/c1-23-12-5-6-14(15(8-12)19(21)22)18-16(20)10-24-13-4-2-3-11(7-13)9-17/h2-8H,10H2,1H3,(H,18,20). The average Bonchev–Trinajstić information content (AvgIpc) is 2.60. The first kappa shape index (κ1) is 16.8. The molecule has 8 nitrogen and oxygen atoms in total. The minimum absolute atomic E-state index is 0.0418. The van der Waals surface area contributed by atoms with Crippen LogP contribution in [-0.2, 0) is 4.79 Å². The lowest BCUT2D eigenvalue weighted by molar-refractivity contribution is -0.384. The van der Waals surface area contributed by atoms with Gasteiger partial charge in [0.1, 0.15) is 17.2 Å². The summed E-state index contributed by atoms with van der Waals surface area (Å²) in [6.07, 6.45) is 0. The number of nitriles is 1. The Bertz CT molecular complexity index is 814. The van der Waals surface area contributed by atoms with E-state index in [2.05, 4.69) is 5.32 Å². The number of nitrogens with one attached hydrogen (secondary N) is 1. The fraction of sp³-hybridized carbons (Fsp3) is 0.125. The van der Waals surface area contributed by atoms with E-state index >= 15 is 0 Å². The predicted octanol–water partition coefficient (Wildman–Crippen LogP) is 2.49. The largest absolute Gasteiger partial charge is 0.496 e. The highest BCUT2D eigenvalue weighted by atomic mass is 16.6. The van der Waals surface area contributed by atoms with Gasteiger partial charge in [-0.25, -0.2) is 0 Å². The van der Waals surface area contributed by atoms with E-state index in [1.54, 1.807) is 18.2 Å². The fourth-order valence-corrected chi connectivity index (χ4v) is 1.89. The van der Waals surface area contributed by atoms with Gasteiger partial charge in [-0.3, -0.25) is 14.9 Å². The number of anilines is 1. The van der Waals surface area contributed by atoms with E-state index < -0.39 is 10.8 Å². The van der Waals surface area contributed by atoms with Crippen molar-refractivity contribution in [3.05, 3.63) is 58.1 Å². The Morgan fingerprint density at radius 2 is 2.08 bits per heavy atom. The van der Waals surface area contributed by atoms with Crippen LogP contribution in [0.1, 0.15) is 5.56 Å². The van der Waals surface area contributed by atoms with Crippen LogP contribution in [0.15, 0.2) is 42.5 Å². The Labute approximate surface area is 137 Å². The zero-order valence-electron chi connectivity index (χ0n) is 12.7. The number of benzene rings is 2. The Morgan fingerprint density at radius 1 is 1.29 bits per heavy atom. The van der Waals surface area contributed by atoms with Gasteiger partial charge in [0.2, 0.25) is 0 Å². The SMILES string of the molecule is COc1ccc(NC(=O)COc2cccc(C#N)c2)c([N+](=O)[O-])c1. The molecule has 0 aliphatic heterocycles. The van der Waals surface area contributed by atoms with Crippen LogP contribution in [0.2, 0.25) is 0 Å². The van der Waals surface area contributed by atoms with Crippen LogP contribution in [0, 0.1) is 21.4 Å². The van der Waals surface area contributed by atoms with Crippen molar-refractivity contribution in [2.24, 2.45) is 0 Å². The molecule has 2 aromatic rings. The number of methoxy groups -OCH3 is 1. The molecule has 2 rings (SSSR count). The summed E-state index contributed by atoms with van der Waals surface area (Å²) in [5.41, 5.74) is 0.160. The van der Waals surface area contributed by atoms with Gasteiger partial charge >= 0.3 is 0 Å². The van der Waals surface area contributed by atoms with Crippen molar-refractivity contribution in [2.75, 3.05) is 19.0 Å². The second-order valence-electron chi connectivity index (χ2n) is 4.62. The van der Waals surface area contributed by atoms with Crippen LogP contribution >= 0.6 is 0 Å². The van der Waals surface area contributed by atoms with Gasteiger partial charge in [-0.15, -0.1) is 0 Å². The van der Waals surface area contributed by atoms with E-state index in [1.807, 2.05) is 6.07 Å². The summed E-state index contributed by atoms with van der Waals surface area (Å²) in [5.74, 6) is 0.100. The number of carbonyl (C=O) groups is 1. The molecule has 8 heteroatoms. The molecule has 24 heavy (non-hydrogen) atoms. The van der Waals surface area contributed by atoms with Crippen LogP contribution in [-0.4, -0.2) is 24.5 Å². The molecule has 1 N–H and O–H groups in total. The number of amides is 1. The van der Waals surface area contributed by atoms with Gasteiger partial charge in [-0.05, 0) is 30.3 Å². The van der Waals surface area contributed by atoms with Crippen molar-refractivity contribution in [3.63, 3.8) is 0 Å². The highest BCUT2D eigenvalue weighted by Gasteiger charge is 2.17. The summed E-state index contributed by atoms with van der Waals surface area (Å²) < 4.78 is 10.2. The Morgan fingerprint density at radius 3 is 2.75 bits per heavy atom. The third-order valence-corrected chi connectivity index (χ3v) is 3.01. The summed E-state index contributed by atoms with van der Waals surface area (Å²) in [7, 11) is 1.39.